The Kier molecular flexibility index (Phi) is 5.06. The second kappa shape index (κ2) is 7.80. The topological polar surface area (TPSA) is 45.2 Å². The second-order valence-corrected chi connectivity index (χ2v) is 7.05. The van der Waals surface area contributed by atoms with Gasteiger partial charge in [0, 0.05) is 30.2 Å². The highest BCUT2D eigenvalue weighted by atomic mass is 19.1. The van der Waals surface area contributed by atoms with Gasteiger partial charge >= 0.3 is 0 Å². The lowest BCUT2D eigenvalue weighted by Crippen LogP contribution is -2.28. The Bertz CT molecular complexity index is 1000. The van der Waals surface area contributed by atoms with Gasteiger partial charge in [0.1, 0.15) is 11.5 Å². The molecule has 2 aromatic carbocycles. The van der Waals surface area contributed by atoms with E-state index in [0.29, 0.717) is 30.3 Å². The molecule has 1 aromatic heterocycles. The number of halogens is 1. The molecule has 2 heterocycles. The number of nitrogens with one attached hydrogen (secondary N) is 1. The highest BCUT2D eigenvalue weighted by Crippen LogP contribution is 2.37. The smallest absolute Gasteiger partial charge is 0.269 e. The van der Waals surface area contributed by atoms with E-state index in [-0.39, 0.29) is 11.7 Å². The van der Waals surface area contributed by atoms with Crippen LogP contribution in [0.1, 0.15) is 28.5 Å². The van der Waals surface area contributed by atoms with Gasteiger partial charge in [-0.1, -0.05) is 36.4 Å². The van der Waals surface area contributed by atoms with E-state index >= 15 is 0 Å². The molecule has 142 valence electrons. The minimum Gasteiger partial charge on any atom is -0.350 e. The number of rotatable bonds is 5. The van der Waals surface area contributed by atoms with Crippen LogP contribution in [0.4, 0.5) is 15.8 Å². The highest BCUT2D eigenvalue weighted by molar-refractivity contribution is 5.93. The fourth-order valence-corrected chi connectivity index (χ4v) is 3.75. The van der Waals surface area contributed by atoms with Crippen molar-refractivity contribution in [2.75, 3.05) is 11.4 Å². The summed E-state index contributed by atoms with van der Waals surface area (Å²) >= 11 is 0. The van der Waals surface area contributed by atoms with E-state index in [9.17, 15) is 9.18 Å². The zero-order chi connectivity index (χ0) is 19.5. The third-order valence-electron chi connectivity index (χ3n) is 5.10. The fraction of sp³-hybridized carbons (Fsp3) is 0.217. The molecule has 0 aliphatic carbocycles. The van der Waals surface area contributed by atoms with Crippen molar-refractivity contribution in [3.05, 3.63) is 89.5 Å². The first kappa shape index (κ1) is 18.2. The minimum absolute atomic E-state index is 0.251. The Hall–Kier alpha value is -3.21. The molecule has 1 aliphatic heterocycles. The van der Waals surface area contributed by atoms with E-state index < -0.39 is 0 Å². The van der Waals surface area contributed by atoms with Gasteiger partial charge in [-0.05, 0) is 55.2 Å². The lowest BCUT2D eigenvalue weighted by Gasteiger charge is -2.25. The van der Waals surface area contributed by atoms with Gasteiger partial charge in [0.15, 0.2) is 0 Å². The first-order valence-electron chi connectivity index (χ1n) is 9.48. The molecule has 28 heavy (non-hydrogen) atoms. The van der Waals surface area contributed by atoms with Crippen LogP contribution in [0.3, 0.4) is 0 Å². The monoisotopic (exact) mass is 375 g/mol. The minimum atomic E-state index is -0.252. The molecule has 1 unspecified atom stereocenters. The van der Waals surface area contributed by atoms with Crippen molar-refractivity contribution in [2.45, 2.75) is 25.8 Å². The summed E-state index contributed by atoms with van der Waals surface area (Å²) in [5.74, 6) is -0.503. The first-order valence-corrected chi connectivity index (χ1v) is 9.48. The third kappa shape index (κ3) is 3.60. The summed E-state index contributed by atoms with van der Waals surface area (Å²) in [5.41, 5.74) is 4.39. The number of nitrogens with zero attached hydrogens (tertiary/aromatic N) is 2. The number of hydrogen-bond donors (Lipinski definition) is 1. The number of aromatic nitrogens is 1. The lowest BCUT2D eigenvalue weighted by atomic mass is 10.1. The van der Waals surface area contributed by atoms with Crippen LogP contribution < -0.4 is 10.2 Å². The van der Waals surface area contributed by atoms with E-state index in [1.54, 1.807) is 24.4 Å². The van der Waals surface area contributed by atoms with Gasteiger partial charge in [-0.15, -0.1) is 0 Å². The van der Waals surface area contributed by atoms with Crippen LogP contribution in [0, 0.1) is 5.82 Å². The maximum atomic E-state index is 13.7. The van der Waals surface area contributed by atoms with Crippen LogP contribution in [0.15, 0.2) is 66.9 Å². The Balaban J connectivity index is 1.47. The third-order valence-corrected chi connectivity index (χ3v) is 5.10. The van der Waals surface area contributed by atoms with Crippen molar-refractivity contribution in [2.24, 2.45) is 0 Å². The van der Waals surface area contributed by atoms with Crippen LogP contribution in [0.2, 0.25) is 0 Å². The molecule has 3 aromatic rings. The lowest BCUT2D eigenvalue weighted by molar-refractivity contribution is 0.0949. The summed E-state index contributed by atoms with van der Waals surface area (Å²) in [5, 5.41) is 2.84. The van der Waals surface area contributed by atoms with Crippen molar-refractivity contribution in [1.29, 1.82) is 0 Å². The number of fused-ring (bicyclic) bond motifs is 1. The molecule has 5 heteroatoms. The summed E-state index contributed by atoms with van der Waals surface area (Å²) in [6.45, 7) is 2.53. The van der Waals surface area contributed by atoms with Gasteiger partial charge in [0.25, 0.3) is 5.91 Å². The van der Waals surface area contributed by atoms with E-state index in [1.165, 1.54) is 17.3 Å². The Morgan fingerprint density at radius 3 is 2.82 bits per heavy atom. The first-order chi connectivity index (χ1) is 13.6. The maximum Gasteiger partial charge on any atom is 0.269 e. The Morgan fingerprint density at radius 2 is 1.96 bits per heavy atom. The van der Waals surface area contributed by atoms with Gasteiger partial charge < -0.3 is 10.2 Å². The number of pyridine rings is 1. The molecule has 1 aliphatic rings. The van der Waals surface area contributed by atoms with Crippen molar-refractivity contribution in [3.8, 4) is 0 Å². The highest BCUT2D eigenvalue weighted by Gasteiger charge is 2.27. The van der Waals surface area contributed by atoms with Gasteiger partial charge in [0.05, 0.1) is 0 Å². The molecule has 0 radical (unpaired) electrons. The van der Waals surface area contributed by atoms with Gasteiger partial charge in [-0.25, -0.2) is 4.39 Å². The zero-order valence-electron chi connectivity index (χ0n) is 15.7. The summed E-state index contributed by atoms with van der Waals surface area (Å²) in [6, 6.07) is 19.0. The van der Waals surface area contributed by atoms with Crippen molar-refractivity contribution in [1.82, 2.24) is 10.3 Å². The van der Waals surface area contributed by atoms with Crippen LogP contribution in [0.5, 0.6) is 0 Å². The largest absolute Gasteiger partial charge is 0.350 e. The summed E-state index contributed by atoms with van der Waals surface area (Å²) in [4.78, 5) is 19.0. The van der Waals surface area contributed by atoms with Crippen LogP contribution in [-0.2, 0) is 12.8 Å². The van der Waals surface area contributed by atoms with E-state index in [4.69, 9.17) is 0 Å². The molecule has 4 rings (SSSR count). The van der Waals surface area contributed by atoms with Crippen molar-refractivity contribution < 1.29 is 9.18 Å². The average Bonchev–Trinajstić information content (AvgIpc) is 3.05. The zero-order valence-corrected chi connectivity index (χ0v) is 15.7. The number of hydrogen-bond acceptors (Lipinski definition) is 3. The van der Waals surface area contributed by atoms with E-state index in [2.05, 4.69) is 40.3 Å². The number of para-hydroxylation sites is 1. The second-order valence-electron chi connectivity index (χ2n) is 7.05. The molecule has 1 amide bonds. The number of carbonyl (C=O) groups is 1. The van der Waals surface area contributed by atoms with Gasteiger partial charge in [-0.3, -0.25) is 9.78 Å². The molecule has 0 bridgehead atoms. The number of amides is 1. The predicted molar refractivity (Wildman–Crippen MR) is 108 cm³/mol. The number of benzene rings is 2. The molecule has 0 saturated carbocycles. The number of carbonyl (C=O) groups excluding carboxylic acids is 1. The fourth-order valence-electron chi connectivity index (χ4n) is 3.75. The van der Waals surface area contributed by atoms with Gasteiger partial charge in [-0.2, -0.15) is 0 Å². The van der Waals surface area contributed by atoms with Crippen molar-refractivity contribution in [3.63, 3.8) is 0 Å². The molecule has 1 N–H and O–H groups in total. The quantitative estimate of drug-likeness (QED) is 0.724. The standard InChI is InChI=1S/C23H22FN3O/c1-16-14-18-7-3-5-9-22(18)27(16)19-11-13-25-21(15-19)23(28)26-12-10-17-6-2-4-8-20(17)24/h2-9,11,13,15-16H,10,12,14H2,1H3,(H,26,28). The van der Waals surface area contributed by atoms with Crippen LogP contribution >= 0.6 is 0 Å². The molecular weight excluding hydrogens is 353 g/mol. The predicted octanol–water partition coefficient (Wildman–Crippen LogP) is 4.28. The molecule has 0 fully saturated rings. The molecule has 0 spiro atoms. The summed E-state index contributed by atoms with van der Waals surface area (Å²) in [6.07, 6.45) is 3.08. The average molecular weight is 375 g/mol. The van der Waals surface area contributed by atoms with Crippen LogP contribution in [-0.4, -0.2) is 23.5 Å². The van der Waals surface area contributed by atoms with Gasteiger partial charge in [0.2, 0.25) is 0 Å². The normalized spacial score (nSPS) is 15.4. The molecule has 1 atom stereocenters. The van der Waals surface area contributed by atoms with Crippen LogP contribution in [0.25, 0.3) is 0 Å². The molecule has 4 nitrogen and oxygen atoms in total. The van der Waals surface area contributed by atoms with Crippen molar-refractivity contribution >= 4 is 17.3 Å². The number of anilines is 2. The Labute approximate surface area is 164 Å². The summed E-state index contributed by atoms with van der Waals surface area (Å²) in [7, 11) is 0. The Morgan fingerprint density at radius 1 is 1.18 bits per heavy atom. The molecule has 0 saturated heterocycles. The molecular formula is C23H22FN3O. The summed E-state index contributed by atoms with van der Waals surface area (Å²) < 4.78 is 13.7. The van der Waals surface area contributed by atoms with E-state index in [1.807, 2.05) is 18.2 Å². The SMILES string of the molecule is CC1Cc2ccccc2N1c1ccnc(C(=O)NCCc2ccccc2F)c1. The maximum absolute atomic E-state index is 13.7. The van der Waals surface area contributed by atoms with E-state index in [0.717, 1.165) is 12.1 Å².